The van der Waals surface area contributed by atoms with E-state index in [9.17, 15) is 9.59 Å². The van der Waals surface area contributed by atoms with E-state index in [1.807, 2.05) is 0 Å². The van der Waals surface area contributed by atoms with Crippen LogP contribution in [0.15, 0.2) is 0 Å². The molecule has 0 aromatic rings. The van der Waals surface area contributed by atoms with Crippen molar-refractivity contribution >= 4 is 12.0 Å². The molecule has 1 rings (SSSR count). The van der Waals surface area contributed by atoms with Crippen molar-refractivity contribution in [3.05, 3.63) is 0 Å². The van der Waals surface area contributed by atoms with Crippen LogP contribution < -0.4 is 10.8 Å². The van der Waals surface area contributed by atoms with Gasteiger partial charge in [0, 0.05) is 6.04 Å². The zero-order chi connectivity index (χ0) is 12.9. The van der Waals surface area contributed by atoms with Crippen LogP contribution in [0.25, 0.3) is 0 Å². The molecule has 17 heavy (non-hydrogen) atoms. The largest absolute Gasteiger partial charge is 0.479 e. The fourth-order valence-electron chi connectivity index (χ4n) is 2.20. The van der Waals surface area contributed by atoms with E-state index in [1.165, 1.54) is 6.42 Å². The van der Waals surface area contributed by atoms with Crippen molar-refractivity contribution in [3.8, 4) is 0 Å². The van der Waals surface area contributed by atoms with Crippen molar-refractivity contribution in [1.82, 2.24) is 10.8 Å². The number of rotatable bonds is 4. The summed E-state index contributed by atoms with van der Waals surface area (Å²) >= 11 is 0. The second-order valence-corrected chi connectivity index (χ2v) is 5.22. The van der Waals surface area contributed by atoms with E-state index in [-0.39, 0.29) is 11.5 Å². The van der Waals surface area contributed by atoms with Crippen LogP contribution >= 0.6 is 0 Å². The molecular weight excluding hydrogens is 224 g/mol. The van der Waals surface area contributed by atoms with Gasteiger partial charge in [0.05, 0.1) is 0 Å². The first-order chi connectivity index (χ1) is 7.89. The molecule has 1 fully saturated rings. The molecule has 6 nitrogen and oxygen atoms in total. The number of urea groups is 1. The first-order valence-electron chi connectivity index (χ1n) is 5.79. The average molecular weight is 244 g/mol. The van der Waals surface area contributed by atoms with Crippen molar-refractivity contribution in [2.45, 2.75) is 45.6 Å². The van der Waals surface area contributed by atoms with Crippen molar-refractivity contribution in [2.24, 2.45) is 5.41 Å². The molecule has 1 aliphatic rings. The zero-order valence-corrected chi connectivity index (χ0v) is 10.3. The molecule has 2 amide bonds. The predicted molar refractivity (Wildman–Crippen MR) is 61.3 cm³/mol. The van der Waals surface area contributed by atoms with Crippen LogP contribution in [0.2, 0.25) is 0 Å². The fraction of sp³-hybridized carbons (Fsp3) is 0.818. The highest BCUT2D eigenvalue weighted by atomic mass is 16.7. The Morgan fingerprint density at radius 1 is 1.47 bits per heavy atom. The van der Waals surface area contributed by atoms with E-state index in [2.05, 4.69) is 29.5 Å². The maximum absolute atomic E-state index is 11.4. The van der Waals surface area contributed by atoms with Crippen molar-refractivity contribution in [3.63, 3.8) is 0 Å². The summed E-state index contributed by atoms with van der Waals surface area (Å²) in [6.07, 6.45) is 4.14. The Kier molecular flexibility index (Phi) is 4.74. The molecule has 0 aromatic carbocycles. The van der Waals surface area contributed by atoms with Gasteiger partial charge in [0.2, 0.25) is 0 Å². The topological polar surface area (TPSA) is 87.7 Å². The first kappa shape index (κ1) is 13.8. The van der Waals surface area contributed by atoms with E-state index in [0.717, 1.165) is 19.3 Å². The van der Waals surface area contributed by atoms with Crippen molar-refractivity contribution in [2.75, 3.05) is 6.61 Å². The average Bonchev–Trinajstić information content (AvgIpc) is 2.14. The molecule has 0 aromatic heterocycles. The second kappa shape index (κ2) is 5.86. The Hall–Kier alpha value is -1.30. The lowest BCUT2D eigenvalue weighted by Crippen LogP contribution is -2.45. The molecule has 6 heteroatoms. The van der Waals surface area contributed by atoms with Crippen LogP contribution in [0, 0.1) is 5.41 Å². The van der Waals surface area contributed by atoms with E-state index >= 15 is 0 Å². The number of amides is 2. The lowest BCUT2D eigenvalue weighted by atomic mass is 9.75. The smallest absolute Gasteiger partial charge is 0.338 e. The van der Waals surface area contributed by atoms with Gasteiger partial charge in [-0.15, -0.1) is 0 Å². The summed E-state index contributed by atoms with van der Waals surface area (Å²) < 4.78 is 0. The van der Waals surface area contributed by atoms with Gasteiger partial charge < -0.3 is 10.4 Å². The van der Waals surface area contributed by atoms with Crippen LogP contribution in [-0.4, -0.2) is 29.8 Å². The van der Waals surface area contributed by atoms with Crippen LogP contribution in [0.3, 0.4) is 0 Å². The van der Waals surface area contributed by atoms with Gasteiger partial charge in [-0.25, -0.2) is 15.1 Å². The molecule has 0 radical (unpaired) electrons. The normalized spacial score (nSPS) is 22.8. The monoisotopic (exact) mass is 244 g/mol. The summed E-state index contributed by atoms with van der Waals surface area (Å²) in [6.45, 7) is 3.82. The number of carbonyl (C=O) groups is 2. The minimum atomic E-state index is -1.12. The highest BCUT2D eigenvalue weighted by Crippen LogP contribution is 2.34. The van der Waals surface area contributed by atoms with Gasteiger partial charge in [-0.1, -0.05) is 20.3 Å². The number of nitrogens with one attached hydrogen (secondary N) is 2. The maximum atomic E-state index is 11.4. The second-order valence-electron chi connectivity index (χ2n) is 5.22. The third-order valence-electron chi connectivity index (χ3n) is 2.90. The molecule has 1 saturated carbocycles. The van der Waals surface area contributed by atoms with Gasteiger partial charge in [0.15, 0.2) is 6.61 Å². The lowest BCUT2D eigenvalue weighted by molar-refractivity contribution is -0.144. The molecule has 3 N–H and O–H groups in total. The minimum absolute atomic E-state index is 0.132. The number of aliphatic carboxylic acids is 1. The first-order valence-corrected chi connectivity index (χ1v) is 5.79. The van der Waals surface area contributed by atoms with Crippen LogP contribution in [0.4, 0.5) is 4.79 Å². The Morgan fingerprint density at radius 2 is 2.18 bits per heavy atom. The van der Waals surface area contributed by atoms with Crippen molar-refractivity contribution in [1.29, 1.82) is 0 Å². The molecule has 1 unspecified atom stereocenters. The number of carboxylic acid groups (broad SMARTS) is 1. The summed E-state index contributed by atoms with van der Waals surface area (Å²) in [4.78, 5) is 26.0. The summed E-state index contributed by atoms with van der Waals surface area (Å²) in [6, 6.07) is -0.346. The fourth-order valence-corrected chi connectivity index (χ4v) is 2.20. The van der Waals surface area contributed by atoms with E-state index in [0.29, 0.717) is 0 Å². The van der Waals surface area contributed by atoms with Gasteiger partial charge in [-0.2, -0.15) is 0 Å². The third kappa shape index (κ3) is 5.53. The maximum Gasteiger partial charge on any atom is 0.338 e. The zero-order valence-electron chi connectivity index (χ0n) is 10.3. The summed E-state index contributed by atoms with van der Waals surface area (Å²) in [5, 5.41) is 11.1. The van der Waals surface area contributed by atoms with Crippen LogP contribution in [-0.2, 0) is 9.63 Å². The van der Waals surface area contributed by atoms with Gasteiger partial charge in [-0.3, -0.25) is 4.84 Å². The molecule has 0 spiro atoms. The number of hydrogen-bond acceptors (Lipinski definition) is 3. The molecule has 0 saturated heterocycles. The third-order valence-corrected chi connectivity index (χ3v) is 2.90. The highest BCUT2D eigenvalue weighted by molar-refractivity contribution is 5.73. The van der Waals surface area contributed by atoms with Gasteiger partial charge in [0.25, 0.3) is 0 Å². The van der Waals surface area contributed by atoms with Gasteiger partial charge in [-0.05, 0) is 24.7 Å². The molecule has 0 aliphatic heterocycles. The predicted octanol–water partition coefficient (Wildman–Crippen LogP) is 1.27. The highest BCUT2D eigenvalue weighted by Gasteiger charge is 2.28. The number of carbonyl (C=O) groups excluding carboxylic acids is 1. The molecule has 98 valence electrons. The van der Waals surface area contributed by atoms with Crippen LogP contribution in [0.1, 0.15) is 39.5 Å². The van der Waals surface area contributed by atoms with Gasteiger partial charge >= 0.3 is 12.0 Å². The number of hydrogen-bond donors (Lipinski definition) is 3. The summed E-state index contributed by atoms with van der Waals surface area (Å²) in [5.41, 5.74) is 2.31. The van der Waals surface area contributed by atoms with E-state index < -0.39 is 18.6 Å². The number of hydroxylamine groups is 1. The molecule has 1 atom stereocenters. The van der Waals surface area contributed by atoms with E-state index in [1.54, 1.807) is 0 Å². The van der Waals surface area contributed by atoms with E-state index in [4.69, 9.17) is 5.11 Å². The van der Waals surface area contributed by atoms with Crippen LogP contribution in [0.5, 0.6) is 0 Å². The lowest BCUT2D eigenvalue weighted by Gasteiger charge is -2.35. The summed E-state index contributed by atoms with van der Waals surface area (Å²) in [5.74, 6) is -1.12. The minimum Gasteiger partial charge on any atom is -0.479 e. The Bertz CT molecular complexity index is 291. The molecular formula is C11H20N2O4. The molecule has 1 aliphatic carbocycles. The molecule has 0 heterocycles. The quantitative estimate of drug-likeness (QED) is 0.650. The Labute approximate surface area is 101 Å². The SMILES string of the molecule is CC1(C)CCCC(NC(=O)NOCC(=O)O)C1. The van der Waals surface area contributed by atoms with Gasteiger partial charge in [0.1, 0.15) is 0 Å². The van der Waals surface area contributed by atoms with Crippen molar-refractivity contribution < 1.29 is 19.5 Å². The molecule has 0 bridgehead atoms. The Morgan fingerprint density at radius 3 is 2.76 bits per heavy atom. The Balaban J connectivity index is 2.24. The summed E-state index contributed by atoms with van der Waals surface area (Å²) in [7, 11) is 0. The standard InChI is InChI=1S/C11H20N2O4/c1-11(2)5-3-4-8(6-11)12-10(16)13-17-7-9(14)15/h8H,3-7H2,1-2H3,(H,14,15)(H2,12,13,16). The number of carboxylic acids is 1.